The predicted octanol–water partition coefficient (Wildman–Crippen LogP) is 1.78. The van der Waals surface area contributed by atoms with E-state index in [1.54, 1.807) is 24.3 Å². The van der Waals surface area contributed by atoms with Crippen LogP contribution in [0.4, 0.5) is 5.69 Å². The molecule has 2 rings (SSSR count). The van der Waals surface area contributed by atoms with Crippen LogP contribution in [0.3, 0.4) is 0 Å². The van der Waals surface area contributed by atoms with Gasteiger partial charge in [-0.2, -0.15) is 0 Å². The molecule has 1 saturated heterocycles. The molecular weight excluding hydrogens is 290 g/mol. The molecular formula is C15H20ClN3O2. The van der Waals surface area contributed by atoms with Crippen molar-refractivity contribution in [2.75, 3.05) is 25.0 Å². The van der Waals surface area contributed by atoms with E-state index in [2.05, 4.69) is 16.0 Å². The Kier molecular flexibility index (Phi) is 6.02. The van der Waals surface area contributed by atoms with Gasteiger partial charge in [0.05, 0.1) is 5.92 Å². The van der Waals surface area contributed by atoms with Crippen LogP contribution in [0.25, 0.3) is 0 Å². The van der Waals surface area contributed by atoms with Gasteiger partial charge in [0.1, 0.15) is 0 Å². The Hall–Kier alpha value is -1.59. The minimum Gasteiger partial charge on any atom is -0.356 e. The molecule has 21 heavy (non-hydrogen) atoms. The lowest BCUT2D eigenvalue weighted by atomic mass is 10.1. The fourth-order valence-corrected chi connectivity index (χ4v) is 2.37. The fourth-order valence-electron chi connectivity index (χ4n) is 2.24. The number of halogens is 1. The van der Waals surface area contributed by atoms with Gasteiger partial charge in [0.15, 0.2) is 0 Å². The van der Waals surface area contributed by atoms with Gasteiger partial charge in [0.25, 0.3) is 0 Å². The van der Waals surface area contributed by atoms with Gasteiger partial charge in [-0.3, -0.25) is 9.59 Å². The lowest BCUT2D eigenvalue weighted by Crippen LogP contribution is -2.32. The molecule has 3 N–H and O–H groups in total. The van der Waals surface area contributed by atoms with Crippen LogP contribution in [0.5, 0.6) is 0 Å². The molecule has 6 heteroatoms. The topological polar surface area (TPSA) is 70.2 Å². The van der Waals surface area contributed by atoms with Crippen LogP contribution in [0.2, 0.25) is 5.02 Å². The molecule has 0 aliphatic carbocycles. The molecule has 5 nitrogen and oxygen atoms in total. The first-order valence-corrected chi connectivity index (χ1v) is 7.57. The zero-order valence-electron chi connectivity index (χ0n) is 11.8. The Morgan fingerprint density at radius 1 is 1.29 bits per heavy atom. The maximum Gasteiger partial charge on any atom is 0.224 e. The first kappa shape index (κ1) is 15.8. The van der Waals surface area contributed by atoms with Gasteiger partial charge in [-0.25, -0.2) is 0 Å². The number of carbonyl (C=O) groups is 2. The molecule has 0 radical (unpaired) electrons. The zero-order chi connectivity index (χ0) is 15.1. The number of rotatable bonds is 6. The summed E-state index contributed by atoms with van der Waals surface area (Å²) in [6, 6.07) is 6.98. The summed E-state index contributed by atoms with van der Waals surface area (Å²) >= 11 is 5.78. The van der Waals surface area contributed by atoms with Crippen molar-refractivity contribution in [3.63, 3.8) is 0 Å². The third-order valence-corrected chi connectivity index (χ3v) is 3.69. The van der Waals surface area contributed by atoms with Gasteiger partial charge in [0.2, 0.25) is 11.8 Å². The Labute approximate surface area is 129 Å². The smallest absolute Gasteiger partial charge is 0.224 e. The highest BCUT2D eigenvalue weighted by Gasteiger charge is 2.21. The zero-order valence-corrected chi connectivity index (χ0v) is 12.6. The molecule has 2 amide bonds. The molecule has 1 aromatic carbocycles. The van der Waals surface area contributed by atoms with E-state index < -0.39 is 0 Å². The van der Waals surface area contributed by atoms with E-state index in [-0.39, 0.29) is 17.7 Å². The Morgan fingerprint density at radius 2 is 2.05 bits per heavy atom. The van der Waals surface area contributed by atoms with Crippen molar-refractivity contribution in [2.24, 2.45) is 5.92 Å². The highest BCUT2D eigenvalue weighted by Crippen LogP contribution is 2.13. The summed E-state index contributed by atoms with van der Waals surface area (Å²) in [7, 11) is 0. The number of carbonyl (C=O) groups excluding carboxylic acids is 2. The van der Waals surface area contributed by atoms with Gasteiger partial charge in [0, 0.05) is 30.2 Å². The summed E-state index contributed by atoms with van der Waals surface area (Å²) < 4.78 is 0. The summed E-state index contributed by atoms with van der Waals surface area (Å²) in [5.41, 5.74) is 0.727. The van der Waals surface area contributed by atoms with Crippen LogP contribution >= 0.6 is 11.6 Å². The maximum atomic E-state index is 11.7. The molecule has 1 heterocycles. The lowest BCUT2D eigenvalue weighted by Gasteiger charge is -2.09. The standard InChI is InChI=1S/C15H20ClN3O2/c16-12-3-5-13(6-4-12)19-14(20)2-1-8-18-15(21)11-7-9-17-10-11/h3-6,11,17H,1-2,7-10H2,(H,18,21)(H,19,20). The Morgan fingerprint density at radius 3 is 2.71 bits per heavy atom. The van der Waals surface area contributed by atoms with E-state index in [0.717, 1.165) is 25.2 Å². The second-order valence-electron chi connectivity index (χ2n) is 5.14. The summed E-state index contributed by atoms with van der Waals surface area (Å²) in [5.74, 6) is 0.0973. The Bertz CT molecular complexity index is 484. The van der Waals surface area contributed by atoms with Crippen LogP contribution in [0.1, 0.15) is 19.3 Å². The number of anilines is 1. The van der Waals surface area contributed by atoms with Crippen molar-refractivity contribution < 1.29 is 9.59 Å². The van der Waals surface area contributed by atoms with Crippen LogP contribution in [-0.4, -0.2) is 31.4 Å². The van der Waals surface area contributed by atoms with Crippen molar-refractivity contribution in [1.29, 1.82) is 0 Å². The second kappa shape index (κ2) is 8.00. The van der Waals surface area contributed by atoms with Crippen LogP contribution in [0.15, 0.2) is 24.3 Å². The van der Waals surface area contributed by atoms with Gasteiger partial charge < -0.3 is 16.0 Å². The minimum atomic E-state index is -0.0610. The summed E-state index contributed by atoms with van der Waals surface area (Å²) in [4.78, 5) is 23.5. The van der Waals surface area contributed by atoms with Gasteiger partial charge >= 0.3 is 0 Å². The third kappa shape index (κ3) is 5.36. The molecule has 1 aliphatic heterocycles. The molecule has 1 aromatic rings. The monoisotopic (exact) mass is 309 g/mol. The van der Waals surface area contributed by atoms with Crippen molar-refractivity contribution in [3.05, 3.63) is 29.3 Å². The number of nitrogens with one attached hydrogen (secondary N) is 3. The average Bonchev–Trinajstić information content (AvgIpc) is 3.00. The summed E-state index contributed by atoms with van der Waals surface area (Å²) in [5, 5.41) is 9.46. The average molecular weight is 310 g/mol. The van der Waals surface area contributed by atoms with E-state index in [1.165, 1.54) is 0 Å². The normalized spacial score (nSPS) is 17.5. The Balaban J connectivity index is 1.60. The quantitative estimate of drug-likeness (QED) is 0.702. The molecule has 0 saturated carbocycles. The number of hydrogen-bond acceptors (Lipinski definition) is 3. The molecule has 0 spiro atoms. The molecule has 1 aliphatic rings. The summed E-state index contributed by atoms with van der Waals surface area (Å²) in [6.07, 6.45) is 1.90. The van der Waals surface area contributed by atoms with Crippen molar-refractivity contribution >= 4 is 29.1 Å². The highest BCUT2D eigenvalue weighted by molar-refractivity contribution is 6.30. The van der Waals surface area contributed by atoms with Crippen LogP contribution in [0, 0.1) is 5.92 Å². The van der Waals surface area contributed by atoms with Crippen LogP contribution in [-0.2, 0) is 9.59 Å². The van der Waals surface area contributed by atoms with Gasteiger partial charge in [-0.15, -0.1) is 0 Å². The number of benzene rings is 1. The largest absolute Gasteiger partial charge is 0.356 e. The van der Waals surface area contributed by atoms with Gasteiger partial charge in [-0.05, 0) is 43.7 Å². The number of hydrogen-bond donors (Lipinski definition) is 3. The van der Waals surface area contributed by atoms with E-state index >= 15 is 0 Å². The van der Waals surface area contributed by atoms with Gasteiger partial charge in [-0.1, -0.05) is 11.6 Å². The van der Waals surface area contributed by atoms with E-state index in [1.807, 2.05) is 0 Å². The lowest BCUT2D eigenvalue weighted by molar-refractivity contribution is -0.124. The molecule has 1 fully saturated rings. The molecule has 114 valence electrons. The van der Waals surface area contributed by atoms with E-state index in [0.29, 0.717) is 24.4 Å². The third-order valence-electron chi connectivity index (χ3n) is 3.44. The molecule has 0 aromatic heterocycles. The predicted molar refractivity (Wildman–Crippen MR) is 83.3 cm³/mol. The first-order valence-electron chi connectivity index (χ1n) is 7.19. The van der Waals surface area contributed by atoms with Crippen LogP contribution < -0.4 is 16.0 Å². The molecule has 0 bridgehead atoms. The summed E-state index contributed by atoms with van der Waals surface area (Å²) in [6.45, 7) is 2.19. The van der Waals surface area contributed by atoms with Crippen molar-refractivity contribution in [2.45, 2.75) is 19.3 Å². The molecule has 1 atom stereocenters. The SMILES string of the molecule is O=C(CCCNC(=O)C1CCNC1)Nc1ccc(Cl)cc1. The fraction of sp³-hybridized carbons (Fsp3) is 0.467. The number of amides is 2. The minimum absolute atomic E-state index is 0.0610. The molecule has 1 unspecified atom stereocenters. The highest BCUT2D eigenvalue weighted by atomic mass is 35.5. The van der Waals surface area contributed by atoms with E-state index in [4.69, 9.17) is 11.6 Å². The first-order chi connectivity index (χ1) is 10.1. The maximum absolute atomic E-state index is 11.7. The van der Waals surface area contributed by atoms with Crippen molar-refractivity contribution in [3.8, 4) is 0 Å². The second-order valence-corrected chi connectivity index (χ2v) is 5.58. The van der Waals surface area contributed by atoms with Crippen molar-refractivity contribution in [1.82, 2.24) is 10.6 Å². The van der Waals surface area contributed by atoms with E-state index in [9.17, 15) is 9.59 Å².